The Morgan fingerprint density at radius 3 is 2.50 bits per heavy atom. The highest BCUT2D eigenvalue weighted by molar-refractivity contribution is 8.03. The Morgan fingerprint density at radius 1 is 1.44 bits per heavy atom. The van der Waals surface area contributed by atoms with Gasteiger partial charge < -0.3 is 4.74 Å². The lowest BCUT2D eigenvalue weighted by atomic mass is 10.2. The maximum absolute atomic E-state index is 11.8. The molecule has 6 nitrogen and oxygen atoms in total. The molecule has 1 aliphatic heterocycles. The fourth-order valence-corrected chi connectivity index (χ4v) is 2.99. The molecule has 0 bridgehead atoms. The zero-order valence-electron chi connectivity index (χ0n) is 9.08. The van der Waals surface area contributed by atoms with Crippen molar-refractivity contribution < 1.29 is 22.9 Å². The lowest BCUT2D eigenvalue weighted by molar-refractivity contribution is -0.129. The van der Waals surface area contributed by atoms with Crippen LogP contribution in [0.2, 0.25) is 0 Å². The molecule has 0 N–H and O–H groups in total. The fourth-order valence-electron chi connectivity index (χ4n) is 1.13. The minimum atomic E-state index is -3.70. The summed E-state index contributed by atoms with van der Waals surface area (Å²) in [6.45, 7) is 0. The first-order valence-corrected chi connectivity index (χ1v) is 6.66. The predicted molar refractivity (Wildman–Crippen MR) is 58.6 cm³/mol. The molecule has 0 spiro atoms. The number of hydrogen-bond acceptors (Lipinski definition) is 7. The van der Waals surface area contributed by atoms with Crippen LogP contribution in [-0.4, -0.2) is 32.4 Å². The molecular formula is C8H12NO5PS. The van der Waals surface area contributed by atoms with E-state index in [1.807, 2.05) is 6.07 Å². The molecule has 2 unspecified atom stereocenters. The van der Waals surface area contributed by atoms with Gasteiger partial charge in [-0.25, -0.2) is 9.09 Å². The van der Waals surface area contributed by atoms with Crippen LogP contribution in [-0.2, 0) is 22.9 Å². The summed E-state index contributed by atoms with van der Waals surface area (Å²) in [5, 5.41) is 9.92. The summed E-state index contributed by atoms with van der Waals surface area (Å²) in [4.78, 5) is 0. The van der Waals surface area contributed by atoms with Gasteiger partial charge in [-0.3, -0.25) is 9.05 Å². The Hall–Kier alpha value is -0.350. The summed E-state index contributed by atoms with van der Waals surface area (Å²) in [5.41, 5.74) is 0. The van der Waals surface area contributed by atoms with Crippen molar-refractivity contribution in [2.75, 3.05) is 21.3 Å². The molecule has 0 aromatic carbocycles. The van der Waals surface area contributed by atoms with Crippen molar-refractivity contribution in [1.29, 1.82) is 5.26 Å². The zero-order chi connectivity index (χ0) is 12.2. The van der Waals surface area contributed by atoms with Crippen molar-refractivity contribution in [2.45, 2.75) is 11.0 Å². The Balaban J connectivity index is 2.95. The molecule has 0 saturated carbocycles. The van der Waals surface area contributed by atoms with Crippen molar-refractivity contribution in [3.63, 3.8) is 0 Å². The molecule has 16 heavy (non-hydrogen) atoms. The number of hydrogen-bond donors (Lipinski definition) is 0. The van der Waals surface area contributed by atoms with Crippen molar-refractivity contribution in [3.8, 4) is 6.07 Å². The molecule has 8 heteroatoms. The van der Waals surface area contributed by atoms with Gasteiger partial charge in [-0.1, -0.05) is 0 Å². The van der Waals surface area contributed by atoms with Gasteiger partial charge in [-0.2, -0.15) is 5.26 Å². The first kappa shape index (κ1) is 13.7. The van der Waals surface area contributed by atoms with Gasteiger partial charge in [0.2, 0.25) is 5.79 Å². The Labute approximate surface area is 98.1 Å². The van der Waals surface area contributed by atoms with Gasteiger partial charge in [-0.05, 0) is 11.5 Å². The highest BCUT2D eigenvalue weighted by atomic mass is 32.2. The number of rotatable bonds is 5. The summed E-state index contributed by atoms with van der Waals surface area (Å²) in [5.74, 6) is -1.40. The molecule has 1 rings (SSSR count). The van der Waals surface area contributed by atoms with Gasteiger partial charge in [0.25, 0.3) is 0 Å². The number of nitriles is 1. The summed E-state index contributed by atoms with van der Waals surface area (Å²) in [6, 6.07) is 1.99. The van der Waals surface area contributed by atoms with Gasteiger partial charge in [0, 0.05) is 21.3 Å². The fraction of sp³-hybridized carbons (Fsp3) is 0.625. The van der Waals surface area contributed by atoms with Gasteiger partial charge in [0.1, 0.15) is 0 Å². The van der Waals surface area contributed by atoms with E-state index >= 15 is 0 Å². The molecule has 1 aliphatic rings. The number of ether oxygens (including phenoxy) is 1. The quantitative estimate of drug-likeness (QED) is 0.554. The third-order valence-corrected chi connectivity index (χ3v) is 4.42. The van der Waals surface area contributed by atoms with Gasteiger partial charge >= 0.3 is 7.82 Å². The van der Waals surface area contributed by atoms with E-state index in [-0.39, 0.29) is 0 Å². The molecule has 0 amide bonds. The molecule has 0 saturated heterocycles. The van der Waals surface area contributed by atoms with E-state index in [0.717, 1.165) is 0 Å². The van der Waals surface area contributed by atoms with E-state index in [0.29, 0.717) is 0 Å². The van der Waals surface area contributed by atoms with E-state index in [1.165, 1.54) is 39.2 Å². The van der Waals surface area contributed by atoms with Crippen molar-refractivity contribution in [1.82, 2.24) is 0 Å². The van der Waals surface area contributed by atoms with Crippen LogP contribution in [0.25, 0.3) is 0 Å². The highest BCUT2D eigenvalue weighted by Crippen LogP contribution is 2.54. The van der Waals surface area contributed by atoms with Crippen molar-refractivity contribution in [2.24, 2.45) is 0 Å². The third-order valence-electron chi connectivity index (χ3n) is 2.02. The van der Waals surface area contributed by atoms with E-state index in [2.05, 4.69) is 9.05 Å². The SMILES string of the molecule is COC1(OP(=O)(OC)OC)C=CSC1C#N. The number of phosphoric acid groups is 1. The molecule has 0 aromatic heterocycles. The second-order valence-electron chi connectivity index (χ2n) is 2.78. The number of thioether (sulfide) groups is 1. The monoisotopic (exact) mass is 265 g/mol. The summed E-state index contributed by atoms with van der Waals surface area (Å²) >= 11 is 1.21. The lowest BCUT2D eigenvalue weighted by Gasteiger charge is -2.30. The van der Waals surface area contributed by atoms with Crippen LogP contribution in [0.15, 0.2) is 11.5 Å². The largest absolute Gasteiger partial charge is 0.477 e. The average molecular weight is 265 g/mol. The molecule has 0 aromatic rings. The van der Waals surface area contributed by atoms with Gasteiger partial charge in [-0.15, -0.1) is 11.8 Å². The maximum Gasteiger partial charge on any atom is 0.477 e. The molecule has 0 fully saturated rings. The van der Waals surface area contributed by atoms with Gasteiger partial charge in [0.05, 0.1) is 6.07 Å². The summed E-state index contributed by atoms with van der Waals surface area (Å²) < 4.78 is 31.4. The minimum absolute atomic E-state index is 0.656. The Bertz CT molecular complexity index is 360. The highest BCUT2D eigenvalue weighted by Gasteiger charge is 2.48. The molecule has 90 valence electrons. The van der Waals surface area contributed by atoms with Gasteiger partial charge in [0.15, 0.2) is 5.25 Å². The van der Waals surface area contributed by atoms with Crippen LogP contribution in [0.5, 0.6) is 0 Å². The topological polar surface area (TPSA) is 77.8 Å². The number of phosphoric ester groups is 1. The predicted octanol–water partition coefficient (Wildman–Crippen LogP) is 1.90. The van der Waals surface area contributed by atoms with E-state index in [1.54, 1.807) is 5.41 Å². The zero-order valence-corrected chi connectivity index (χ0v) is 10.8. The number of methoxy groups -OCH3 is 1. The first-order chi connectivity index (χ1) is 7.55. The Morgan fingerprint density at radius 2 is 2.06 bits per heavy atom. The van der Waals surface area contributed by atoms with E-state index in [9.17, 15) is 4.57 Å². The average Bonchev–Trinajstić information content (AvgIpc) is 2.72. The lowest BCUT2D eigenvalue weighted by Crippen LogP contribution is -2.39. The van der Waals surface area contributed by atoms with E-state index < -0.39 is 18.9 Å². The normalized spacial score (nSPS) is 29.2. The minimum Gasteiger partial charge on any atom is -0.348 e. The molecule has 0 radical (unpaired) electrons. The molecule has 1 heterocycles. The summed E-state index contributed by atoms with van der Waals surface area (Å²) in [6.07, 6.45) is 1.51. The second-order valence-corrected chi connectivity index (χ2v) is 5.60. The smallest absolute Gasteiger partial charge is 0.348 e. The Kier molecular flexibility index (Phi) is 4.56. The maximum atomic E-state index is 11.8. The van der Waals surface area contributed by atoms with Crippen molar-refractivity contribution >= 4 is 19.6 Å². The standard InChI is InChI=1S/C8H12NO5PS/c1-11-8(4-5-16-7(8)6-9)14-15(10,12-2)13-3/h4-5,7H,1-3H3. The third kappa shape index (κ3) is 2.48. The molecule has 0 aliphatic carbocycles. The van der Waals surface area contributed by atoms with Crippen LogP contribution in [0.3, 0.4) is 0 Å². The van der Waals surface area contributed by atoms with Crippen LogP contribution in [0.4, 0.5) is 0 Å². The van der Waals surface area contributed by atoms with Crippen LogP contribution < -0.4 is 0 Å². The van der Waals surface area contributed by atoms with Crippen LogP contribution >= 0.6 is 19.6 Å². The van der Waals surface area contributed by atoms with Crippen LogP contribution in [0.1, 0.15) is 0 Å². The molecule has 2 atom stereocenters. The summed E-state index contributed by atoms with van der Waals surface area (Å²) in [7, 11) is 0.0444. The van der Waals surface area contributed by atoms with Crippen molar-refractivity contribution in [3.05, 3.63) is 11.5 Å². The van der Waals surface area contributed by atoms with E-state index in [4.69, 9.17) is 14.5 Å². The number of nitrogens with zero attached hydrogens (tertiary/aromatic N) is 1. The second kappa shape index (κ2) is 5.32. The first-order valence-electron chi connectivity index (χ1n) is 4.26. The van der Waals surface area contributed by atoms with Crippen LogP contribution in [0, 0.1) is 11.3 Å². The molecular weight excluding hydrogens is 253 g/mol.